The number of amides is 2. The van der Waals surface area contributed by atoms with Crippen molar-refractivity contribution >= 4 is 57.4 Å². The Morgan fingerprint density at radius 1 is 1.29 bits per heavy atom. The quantitative estimate of drug-likeness (QED) is 0.744. The minimum atomic E-state index is -0.649. The molecule has 1 heterocycles. The lowest BCUT2D eigenvalue weighted by molar-refractivity contribution is 0.0520. The van der Waals surface area contributed by atoms with Crippen molar-refractivity contribution in [3.63, 3.8) is 0 Å². The lowest BCUT2D eigenvalue weighted by Gasteiger charge is -2.10. The number of nitrogens with zero attached hydrogens (tertiary/aromatic N) is 1. The van der Waals surface area contributed by atoms with E-state index in [9.17, 15) is 9.59 Å². The highest BCUT2D eigenvalue weighted by atomic mass is 35.5. The van der Waals surface area contributed by atoms with Gasteiger partial charge in [-0.1, -0.05) is 34.5 Å². The second-order valence-electron chi connectivity index (χ2n) is 4.29. The Balaban J connectivity index is 2.09. The van der Waals surface area contributed by atoms with Gasteiger partial charge in [0, 0.05) is 5.02 Å². The summed E-state index contributed by atoms with van der Waals surface area (Å²) in [5.41, 5.74) is 0.343. The first-order chi connectivity index (χ1) is 11.4. The number of benzene rings is 1. The number of carbonyl (C=O) groups is 2. The number of carbonyl (C=O) groups excluding carboxylic acids is 2. The summed E-state index contributed by atoms with van der Waals surface area (Å²) in [4.78, 5) is 27.7. The minimum absolute atomic E-state index is 0.0425. The van der Waals surface area contributed by atoms with Crippen molar-refractivity contribution in [2.45, 2.75) is 6.92 Å². The monoisotopic (exact) mass is 389 g/mol. The predicted octanol–water partition coefficient (Wildman–Crippen LogP) is 4.28. The fourth-order valence-corrected chi connectivity index (χ4v) is 2.90. The van der Waals surface area contributed by atoms with Crippen molar-refractivity contribution in [3.05, 3.63) is 33.3 Å². The van der Waals surface area contributed by atoms with Crippen LogP contribution in [-0.2, 0) is 4.74 Å². The van der Waals surface area contributed by atoms with Gasteiger partial charge in [-0.15, -0.1) is 0 Å². The summed E-state index contributed by atoms with van der Waals surface area (Å²) in [7, 11) is 1.47. The second-order valence-corrected chi connectivity index (χ2v) is 6.32. The van der Waals surface area contributed by atoms with E-state index in [4.69, 9.17) is 32.7 Å². The van der Waals surface area contributed by atoms with E-state index in [1.165, 1.54) is 7.11 Å². The number of ether oxygens (including phenoxy) is 2. The van der Waals surface area contributed by atoms with Crippen LogP contribution >= 0.6 is 34.5 Å². The maximum absolute atomic E-state index is 12.1. The first-order valence-corrected chi connectivity index (χ1v) is 8.26. The van der Waals surface area contributed by atoms with Gasteiger partial charge in [0.15, 0.2) is 10.8 Å². The molecule has 10 heteroatoms. The van der Waals surface area contributed by atoms with Crippen molar-refractivity contribution in [1.29, 1.82) is 0 Å². The number of hydrogen-bond acceptors (Lipinski definition) is 6. The molecule has 128 valence electrons. The van der Waals surface area contributed by atoms with Crippen LogP contribution in [0.5, 0.6) is 5.75 Å². The molecule has 0 unspecified atom stereocenters. The van der Waals surface area contributed by atoms with Gasteiger partial charge in [-0.05, 0) is 25.1 Å². The van der Waals surface area contributed by atoms with Crippen molar-refractivity contribution in [2.24, 2.45) is 0 Å². The van der Waals surface area contributed by atoms with E-state index >= 15 is 0 Å². The number of anilines is 2. The summed E-state index contributed by atoms with van der Waals surface area (Å²) in [6, 6.07) is 4.21. The third-order valence-corrected chi connectivity index (χ3v) is 4.09. The predicted molar refractivity (Wildman–Crippen MR) is 93.7 cm³/mol. The number of halogens is 2. The number of thiazole rings is 1. The van der Waals surface area contributed by atoms with Crippen molar-refractivity contribution < 1.29 is 19.1 Å². The third-order valence-electron chi connectivity index (χ3n) is 2.68. The topological polar surface area (TPSA) is 89.5 Å². The summed E-state index contributed by atoms with van der Waals surface area (Å²) in [5.74, 6) is -0.206. The average Bonchev–Trinajstić information content (AvgIpc) is 2.88. The zero-order valence-corrected chi connectivity index (χ0v) is 15.0. The van der Waals surface area contributed by atoms with Gasteiger partial charge in [0.2, 0.25) is 0 Å². The summed E-state index contributed by atoms with van der Waals surface area (Å²) in [5, 5.41) is 5.66. The molecular weight excluding hydrogens is 377 g/mol. The SMILES string of the molecule is CCOC(=O)c1nc(NC(=O)Nc2cc(Cl)ccc2OC)sc1Cl. The summed E-state index contributed by atoms with van der Waals surface area (Å²) < 4.78 is 10.1. The van der Waals surface area contributed by atoms with E-state index in [1.807, 2.05) is 0 Å². The van der Waals surface area contributed by atoms with Crippen LogP contribution in [0.3, 0.4) is 0 Å². The van der Waals surface area contributed by atoms with Crippen LogP contribution in [0.4, 0.5) is 15.6 Å². The highest BCUT2D eigenvalue weighted by molar-refractivity contribution is 7.20. The van der Waals surface area contributed by atoms with E-state index < -0.39 is 12.0 Å². The number of rotatable bonds is 5. The minimum Gasteiger partial charge on any atom is -0.495 e. The Morgan fingerprint density at radius 2 is 2.04 bits per heavy atom. The molecule has 0 spiro atoms. The molecule has 0 bridgehead atoms. The third kappa shape index (κ3) is 4.50. The Labute approximate surface area is 151 Å². The highest BCUT2D eigenvalue weighted by Gasteiger charge is 2.19. The van der Waals surface area contributed by atoms with Gasteiger partial charge >= 0.3 is 12.0 Å². The Bertz CT molecular complexity index is 766. The van der Waals surface area contributed by atoms with Crippen LogP contribution in [0, 0.1) is 0 Å². The second kappa shape index (κ2) is 8.18. The highest BCUT2D eigenvalue weighted by Crippen LogP contribution is 2.30. The number of nitrogens with one attached hydrogen (secondary N) is 2. The van der Waals surface area contributed by atoms with Crippen LogP contribution in [0.25, 0.3) is 0 Å². The zero-order valence-electron chi connectivity index (χ0n) is 12.7. The van der Waals surface area contributed by atoms with Gasteiger partial charge in [0.25, 0.3) is 0 Å². The molecule has 0 atom stereocenters. The number of hydrogen-bond donors (Lipinski definition) is 2. The maximum Gasteiger partial charge on any atom is 0.359 e. The Morgan fingerprint density at radius 3 is 2.71 bits per heavy atom. The molecule has 0 fully saturated rings. The molecule has 0 saturated heterocycles. The van der Waals surface area contributed by atoms with E-state index in [0.717, 1.165) is 11.3 Å². The van der Waals surface area contributed by atoms with Gasteiger partial charge < -0.3 is 14.8 Å². The van der Waals surface area contributed by atoms with Crippen molar-refractivity contribution in [1.82, 2.24) is 4.98 Å². The smallest absolute Gasteiger partial charge is 0.359 e. The van der Waals surface area contributed by atoms with Crippen LogP contribution < -0.4 is 15.4 Å². The molecule has 0 aliphatic heterocycles. The fraction of sp³-hybridized carbons (Fsp3) is 0.214. The molecule has 0 saturated carbocycles. The van der Waals surface area contributed by atoms with E-state index in [0.29, 0.717) is 16.5 Å². The van der Waals surface area contributed by atoms with Gasteiger partial charge in [-0.3, -0.25) is 5.32 Å². The van der Waals surface area contributed by atoms with Gasteiger partial charge in [-0.2, -0.15) is 0 Å². The molecule has 2 rings (SSSR count). The first kappa shape index (κ1) is 18.3. The number of urea groups is 1. The fourth-order valence-electron chi connectivity index (χ4n) is 1.71. The average molecular weight is 390 g/mol. The molecule has 1 aromatic carbocycles. The molecule has 0 aliphatic carbocycles. The van der Waals surface area contributed by atoms with E-state index in [1.54, 1.807) is 25.1 Å². The van der Waals surface area contributed by atoms with Crippen LogP contribution in [-0.4, -0.2) is 30.7 Å². The van der Waals surface area contributed by atoms with Crippen LogP contribution in [0.15, 0.2) is 18.2 Å². The molecule has 1 aromatic heterocycles. The normalized spacial score (nSPS) is 10.2. The van der Waals surface area contributed by atoms with E-state index in [2.05, 4.69) is 15.6 Å². The molecule has 2 amide bonds. The molecule has 0 aliphatic rings. The molecule has 2 N–H and O–H groups in total. The van der Waals surface area contributed by atoms with Crippen molar-refractivity contribution in [2.75, 3.05) is 24.4 Å². The molecule has 2 aromatic rings. The summed E-state index contributed by atoms with van der Waals surface area (Å²) in [6.45, 7) is 1.87. The summed E-state index contributed by atoms with van der Waals surface area (Å²) in [6.07, 6.45) is 0. The summed E-state index contributed by atoms with van der Waals surface area (Å²) >= 11 is 12.8. The molecule has 0 radical (unpaired) electrons. The largest absolute Gasteiger partial charge is 0.495 e. The standard InChI is InChI=1S/C14H13Cl2N3O4S/c1-3-23-12(20)10-11(16)24-14(18-10)19-13(21)17-8-6-7(15)4-5-9(8)22-2/h4-6H,3H2,1-2H3,(H2,17,18,19,21). The van der Waals surface area contributed by atoms with Crippen molar-refractivity contribution in [3.8, 4) is 5.75 Å². The lowest BCUT2D eigenvalue weighted by Crippen LogP contribution is -2.20. The number of esters is 1. The van der Waals surface area contributed by atoms with Crippen LogP contribution in [0.2, 0.25) is 9.36 Å². The number of methoxy groups -OCH3 is 1. The van der Waals surface area contributed by atoms with Gasteiger partial charge in [0.1, 0.15) is 10.1 Å². The number of aromatic nitrogens is 1. The Kier molecular flexibility index (Phi) is 6.24. The molecule has 24 heavy (non-hydrogen) atoms. The van der Waals surface area contributed by atoms with Gasteiger partial charge in [-0.25, -0.2) is 14.6 Å². The molecule has 7 nitrogen and oxygen atoms in total. The van der Waals surface area contributed by atoms with Gasteiger partial charge in [0.05, 0.1) is 19.4 Å². The first-order valence-electron chi connectivity index (χ1n) is 6.69. The molecular formula is C14H13Cl2N3O4S. The lowest BCUT2D eigenvalue weighted by atomic mass is 10.3. The van der Waals surface area contributed by atoms with Crippen LogP contribution in [0.1, 0.15) is 17.4 Å². The Hall–Kier alpha value is -2.03. The zero-order chi connectivity index (χ0) is 17.7. The van der Waals surface area contributed by atoms with E-state index in [-0.39, 0.29) is 21.8 Å². The maximum atomic E-state index is 12.1.